The van der Waals surface area contributed by atoms with Crippen LogP contribution >= 0.6 is 15.9 Å². The van der Waals surface area contributed by atoms with Crippen LogP contribution in [-0.4, -0.2) is 43.9 Å². The molecule has 19 heavy (non-hydrogen) atoms. The second kappa shape index (κ2) is 6.34. The minimum Gasteiger partial charge on any atom is -0.469 e. The number of nitrogens with zero attached hydrogens (tertiary/aromatic N) is 2. The van der Waals surface area contributed by atoms with Gasteiger partial charge in [0.1, 0.15) is 5.82 Å². The molecule has 0 amide bonds. The van der Waals surface area contributed by atoms with Crippen molar-refractivity contribution in [2.75, 3.05) is 31.7 Å². The van der Waals surface area contributed by atoms with Gasteiger partial charge in [-0.25, -0.2) is 4.98 Å². The predicted octanol–water partition coefficient (Wildman–Crippen LogP) is 1.92. The number of morpholine rings is 1. The number of aromatic nitrogens is 1. The summed E-state index contributed by atoms with van der Waals surface area (Å²) in [5.74, 6) is 0.672. The molecular formula is C13H17BrN2O3. The lowest BCUT2D eigenvalue weighted by atomic mass is 10.2. The van der Waals surface area contributed by atoms with Crippen LogP contribution in [0, 0.1) is 6.92 Å². The van der Waals surface area contributed by atoms with Gasteiger partial charge < -0.3 is 14.4 Å². The molecule has 0 radical (unpaired) electrons. The Morgan fingerprint density at radius 2 is 2.42 bits per heavy atom. The molecule has 1 unspecified atom stereocenters. The number of esters is 1. The summed E-state index contributed by atoms with van der Waals surface area (Å²) in [6.07, 6.45) is 0.148. The minimum absolute atomic E-state index is 0.132. The van der Waals surface area contributed by atoms with Crippen molar-refractivity contribution in [1.29, 1.82) is 0 Å². The van der Waals surface area contributed by atoms with E-state index in [1.54, 1.807) is 0 Å². The first-order valence-corrected chi connectivity index (χ1v) is 6.96. The maximum atomic E-state index is 11.3. The van der Waals surface area contributed by atoms with E-state index in [0.29, 0.717) is 13.2 Å². The van der Waals surface area contributed by atoms with Gasteiger partial charge in [-0.2, -0.15) is 0 Å². The van der Waals surface area contributed by atoms with Crippen LogP contribution in [-0.2, 0) is 14.3 Å². The summed E-state index contributed by atoms with van der Waals surface area (Å²) >= 11 is 3.44. The van der Waals surface area contributed by atoms with Gasteiger partial charge in [-0.15, -0.1) is 0 Å². The Hall–Kier alpha value is -1.14. The molecule has 0 aromatic carbocycles. The van der Waals surface area contributed by atoms with Crippen LogP contribution in [0.2, 0.25) is 0 Å². The van der Waals surface area contributed by atoms with E-state index in [-0.39, 0.29) is 18.5 Å². The summed E-state index contributed by atoms with van der Waals surface area (Å²) in [4.78, 5) is 18.0. The molecule has 104 valence electrons. The fraction of sp³-hybridized carbons (Fsp3) is 0.538. The molecule has 1 aromatic heterocycles. The zero-order valence-corrected chi connectivity index (χ0v) is 12.6. The predicted molar refractivity (Wildman–Crippen MR) is 75.3 cm³/mol. The van der Waals surface area contributed by atoms with Crippen molar-refractivity contribution < 1.29 is 14.3 Å². The molecule has 1 atom stereocenters. The lowest BCUT2D eigenvalue weighted by Gasteiger charge is -2.33. The molecule has 0 bridgehead atoms. The van der Waals surface area contributed by atoms with Crippen LogP contribution in [0.5, 0.6) is 0 Å². The second-order valence-corrected chi connectivity index (χ2v) is 5.31. The van der Waals surface area contributed by atoms with Gasteiger partial charge in [-0.3, -0.25) is 4.79 Å². The average Bonchev–Trinajstić information content (AvgIpc) is 2.42. The number of rotatable bonds is 3. The number of halogens is 1. The van der Waals surface area contributed by atoms with E-state index in [0.717, 1.165) is 22.5 Å². The van der Waals surface area contributed by atoms with Crippen LogP contribution in [0.25, 0.3) is 0 Å². The highest BCUT2D eigenvalue weighted by Gasteiger charge is 2.24. The van der Waals surface area contributed by atoms with Crippen molar-refractivity contribution in [3.05, 3.63) is 22.3 Å². The number of hydrogen-bond donors (Lipinski definition) is 0. The number of pyridine rings is 1. The van der Waals surface area contributed by atoms with E-state index in [4.69, 9.17) is 4.74 Å². The Morgan fingerprint density at radius 3 is 3.11 bits per heavy atom. The van der Waals surface area contributed by atoms with Crippen molar-refractivity contribution in [3.8, 4) is 0 Å². The zero-order valence-electron chi connectivity index (χ0n) is 11.1. The number of methoxy groups -OCH3 is 1. The molecule has 0 spiro atoms. The van der Waals surface area contributed by atoms with Crippen LogP contribution in [0.15, 0.2) is 16.6 Å². The molecule has 1 aliphatic rings. The largest absolute Gasteiger partial charge is 0.469 e. The van der Waals surface area contributed by atoms with Crippen molar-refractivity contribution in [1.82, 2.24) is 4.98 Å². The van der Waals surface area contributed by atoms with Crippen LogP contribution < -0.4 is 4.90 Å². The second-order valence-electron chi connectivity index (χ2n) is 4.46. The van der Waals surface area contributed by atoms with Crippen molar-refractivity contribution >= 4 is 27.7 Å². The van der Waals surface area contributed by atoms with E-state index < -0.39 is 0 Å². The molecule has 0 saturated carbocycles. The molecule has 1 aromatic rings. The monoisotopic (exact) mass is 328 g/mol. The summed E-state index contributed by atoms with van der Waals surface area (Å²) in [6.45, 7) is 3.99. The third-order valence-electron chi connectivity index (χ3n) is 3.09. The molecule has 1 saturated heterocycles. The van der Waals surface area contributed by atoms with Gasteiger partial charge in [0.2, 0.25) is 0 Å². The summed E-state index contributed by atoms with van der Waals surface area (Å²) in [6, 6.07) is 3.96. The summed E-state index contributed by atoms with van der Waals surface area (Å²) in [5, 5.41) is 0. The van der Waals surface area contributed by atoms with E-state index in [1.165, 1.54) is 7.11 Å². The third kappa shape index (κ3) is 3.67. The number of carbonyl (C=O) groups excluding carboxylic acids is 1. The zero-order chi connectivity index (χ0) is 13.8. The minimum atomic E-state index is -0.244. The van der Waals surface area contributed by atoms with E-state index >= 15 is 0 Å². The number of carbonyl (C=O) groups is 1. The standard InChI is InChI=1S/C13H17BrN2O3/c1-9-11(14)3-4-12(15-9)16-5-6-19-10(8-16)7-13(17)18-2/h3-4,10H,5-8H2,1-2H3. The molecule has 2 rings (SSSR count). The number of ether oxygens (including phenoxy) is 2. The maximum Gasteiger partial charge on any atom is 0.308 e. The molecule has 0 aliphatic carbocycles. The number of aryl methyl sites for hydroxylation is 1. The average molecular weight is 329 g/mol. The van der Waals surface area contributed by atoms with Gasteiger partial charge in [-0.05, 0) is 35.0 Å². The van der Waals surface area contributed by atoms with Crippen molar-refractivity contribution in [3.63, 3.8) is 0 Å². The van der Waals surface area contributed by atoms with Gasteiger partial charge in [0.15, 0.2) is 0 Å². The fourth-order valence-corrected chi connectivity index (χ4v) is 2.25. The van der Waals surface area contributed by atoms with Gasteiger partial charge in [0.05, 0.1) is 31.9 Å². The van der Waals surface area contributed by atoms with Gasteiger partial charge in [-0.1, -0.05) is 0 Å². The molecule has 1 aliphatic heterocycles. The summed E-state index contributed by atoms with van der Waals surface area (Å²) in [5.41, 5.74) is 0.952. The molecule has 5 nitrogen and oxygen atoms in total. The third-order valence-corrected chi connectivity index (χ3v) is 3.93. The van der Waals surface area contributed by atoms with Gasteiger partial charge in [0, 0.05) is 17.6 Å². The van der Waals surface area contributed by atoms with Gasteiger partial charge >= 0.3 is 5.97 Å². The lowest BCUT2D eigenvalue weighted by molar-refractivity contribution is -0.144. The quantitative estimate of drug-likeness (QED) is 0.793. The topological polar surface area (TPSA) is 51.7 Å². The maximum absolute atomic E-state index is 11.3. The highest BCUT2D eigenvalue weighted by atomic mass is 79.9. The molecule has 6 heteroatoms. The Bertz CT molecular complexity index is 467. The van der Waals surface area contributed by atoms with Gasteiger partial charge in [0.25, 0.3) is 0 Å². The lowest BCUT2D eigenvalue weighted by Crippen LogP contribution is -2.43. The summed E-state index contributed by atoms with van der Waals surface area (Å²) in [7, 11) is 1.39. The summed E-state index contributed by atoms with van der Waals surface area (Å²) < 4.78 is 11.2. The normalized spacial score (nSPS) is 19.3. The number of hydrogen-bond acceptors (Lipinski definition) is 5. The Balaban J connectivity index is 2.04. The Kier molecular flexibility index (Phi) is 4.76. The van der Waals surface area contributed by atoms with Crippen molar-refractivity contribution in [2.24, 2.45) is 0 Å². The Labute approximate surface area is 121 Å². The smallest absolute Gasteiger partial charge is 0.308 e. The highest BCUT2D eigenvalue weighted by Crippen LogP contribution is 2.21. The highest BCUT2D eigenvalue weighted by molar-refractivity contribution is 9.10. The molecule has 2 heterocycles. The molecule has 0 N–H and O–H groups in total. The SMILES string of the molecule is COC(=O)CC1CN(c2ccc(Br)c(C)n2)CCO1. The molecule has 1 fully saturated rings. The van der Waals surface area contributed by atoms with Crippen LogP contribution in [0.3, 0.4) is 0 Å². The Morgan fingerprint density at radius 1 is 1.63 bits per heavy atom. The first kappa shape index (κ1) is 14.3. The fourth-order valence-electron chi connectivity index (χ4n) is 2.03. The van der Waals surface area contributed by atoms with Crippen LogP contribution in [0.4, 0.5) is 5.82 Å². The first-order valence-electron chi connectivity index (χ1n) is 6.16. The van der Waals surface area contributed by atoms with E-state index in [9.17, 15) is 4.79 Å². The van der Waals surface area contributed by atoms with E-state index in [1.807, 2.05) is 19.1 Å². The molecular weight excluding hydrogens is 312 g/mol. The van der Waals surface area contributed by atoms with Crippen molar-refractivity contribution in [2.45, 2.75) is 19.4 Å². The van der Waals surface area contributed by atoms with E-state index in [2.05, 4.69) is 30.6 Å². The first-order chi connectivity index (χ1) is 9.10. The number of anilines is 1. The van der Waals surface area contributed by atoms with Crippen LogP contribution in [0.1, 0.15) is 12.1 Å².